The van der Waals surface area contributed by atoms with Gasteiger partial charge < -0.3 is 20.3 Å². The Morgan fingerprint density at radius 1 is 1.09 bits per heavy atom. The maximum absolute atomic E-state index is 13.5. The van der Waals surface area contributed by atoms with Gasteiger partial charge in [-0.2, -0.15) is 0 Å². The van der Waals surface area contributed by atoms with Crippen molar-refractivity contribution in [2.75, 3.05) is 30.8 Å². The number of anilines is 2. The van der Waals surface area contributed by atoms with Crippen molar-refractivity contribution in [1.82, 2.24) is 4.90 Å². The summed E-state index contributed by atoms with van der Waals surface area (Å²) in [5.74, 6) is -1.22. The van der Waals surface area contributed by atoms with Gasteiger partial charge in [-0.3, -0.25) is 14.4 Å². The molecule has 1 atom stereocenters. The number of nitrogens with zero attached hydrogens (tertiary/aromatic N) is 1. The van der Waals surface area contributed by atoms with E-state index in [1.807, 2.05) is 11.4 Å². The highest BCUT2D eigenvalue weighted by atomic mass is 32.1. The third-order valence-electron chi connectivity index (χ3n) is 5.61. The Morgan fingerprint density at radius 3 is 2.68 bits per heavy atom. The Morgan fingerprint density at radius 2 is 1.94 bits per heavy atom. The number of piperidine rings is 1. The minimum Gasteiger partial charge on any atom is -0.495 e. The van der Waals surface area contributed by atoms with Crippen molar-refractivity contribution >= 4 is 40.4 Å². The summed E-state index contributed by atoms with van der Waals surface area (Å²) in [6, 6.07) is 13.9. The van der Waals surface area contributed by atoms with Crippen LogP contribution in [-0.2, 0) is 4.79 Å². The predicted octanol–water partition coefficient (Wildman–Crippen LogP) is 4.64. The van der Waals surface area contributed by atoms with Crippen LogP contribution in [0.5, 0.6) is 5.75 Å². The molecule has 3 amide bonds. The van der Waals surface area contributed by atoms with Gasteiger partial charge in [-0.15, -0.1) is 11.3 Å². The van der Waals surface area contributed by atoms with Crippen LogP contribution >= 0.6 is 11.3 Å². The van der Waals surface area contributed by atoms with Gasteiger partial charge in [0.25, 0.3) is 11.8 Å². The van der Waals surface area contributed by atoms with Crippen LogP contribution in [-0.4, -0.2) is 42.8 Å². The topological polar surface area (TPSA) is 87.7 Å². The first kappa shape index (κ1) is 23.4. The van der Waals surface area contributed by atoms with Crippen molar-refractivity contribution in [3.05, 3.63) is 76.2 Å². The fourth-order valence-electron chi connectivity index (χ4n) is 3.88. The summed E-state index contributed by atoms with van der Waals surface area (Å²) in [7, 11) is 1.46. The summed E-state index contributed by atoms with van der Waals surface area (Å²) in [4.78, 5) is 40.6. The van der Waals surface area contributed by atoms with E-state index >= 15 is 0 Å². The zero-order valence-corrected chi connectivity index (χ0v) is 19.4. The van der Waals surface area contributed by atoms with Gasteiger partial charge in [-0.05, 0) is 60.7 Å². The first-order valence-electron chi connectivity index (χ1n) is 10.8. The zero-order valence-electron chi connectivity index (χ0n) is 18.5. The lowest BCUT2D eigenvalue weighted by Crippen LogP contribution is -2.43. The number of hydrogen-bond acceptors (Lipinski definition) is 5. The second kappa shape index (κ2) is 10.5. The molecule has 0 aliphatic carbocycles. The van der Waals surface area contributed by atoms with Crippen LogP contribution in [0.3, 0.4) is 0 Å². The van der Waals surface area contributed by atoms with Crippen LogP contribution in [0, 0.1) is 11.7 Å². The van der Waals surface area contributed by atoms with Crippen molar-refractivity contribution in [1.29, 1.82) is 0 Å². The highest BCUT2D eigenvalue weighted by Crippen LogP contribution is 2.29. The molecule has 1 saturated heterocycles. The SMILES string of the molecule is COc1ccc(NC(=O)C2CCCN(C(=O)c3cccs3)C2)cc1NC(=O)c1cccc(F)c1. The number of hydrogen-bond donors (Lipinski definition) is 2. The third-order valence-corrected chi connectivity index (χ3v) is 6.47. The second-order valence-corrected chi connectivity index (χ2v) is 8.88. The molecular formula is C25H24FN3O4S. The molecule has 1 aliphatic rings. The lowest BCUT2D eigenvalue weighted by molar-refractivity contribution is -0.121. The van der Waals surface area contributed by atoms with Crippen molar-refractivity contribution in [2.45, 2.75) is 12.8 Å². The summed E-state index contributed by atoms with van der Waals surface area (Å²) in [5.41, 5.74) is 0.976. The van der Waals surface area contributed by atoms with Crippen molar-refractivity contribution < 1.29 is 23.5 Å². The molecule has 2 heterocycles. The zero-order chi connectivity index (χ0) is 24.1. The lowest BCUT2D eigenvalue weighted by atomic mass is 9.96. The summed E-state index contributed by atoms with van der Waals surface area (Å²) < 4.78 is 18.8. The fourth-order valence-corrected chi connectivity index (χ4v) is 4.57. The maximum Gasteiger partial charge on any atom is 0.263 e. The van der Waals surface area contributed by atoms with Gasteiger partial charge >= 0.3 is 0 Å². The van der Waals surface area contributed by atoms with Crippen molar-refractivity contribution in [3.63, 3.8) is 0 Å². The number of amides is 3. The van der Waals surface area contributed by atoms with Crippen LogP contribution in [0.4, 0.5) is 15.8 Å². The number of nitrogens with one attached hydrogen (secondary N) is 2. The van der Waals surface area contributed by atoms with Crippen LogP contribution in [0.25, 0.3) is 0 Å². The molecule has 0 radical (unpaired) electrons. The van der Waals surface area contributed by atoms with Gasteiger partial charge in [0.15, 0.2) is 0 Å². The monoisotopic (exact) mass is 481 g/mol. The van der Waals surface area contributed by atoms with Crippen molar-refractivity contribution in [2.24, 2.45) is 5.92 Å². The van der Waals surface area contributed by atoms with E-state index in [-0.39, 0.29) is 23.3 Å². The van der Waals surface area contributed by atoms with E-state index in [0.717, 1.165) is 12.5 Å². The minimum absolute atomic E-state index is 0.0562. The van der Waals surface area contributed by atoms with Gasteiger partial charge in [-0.25, -0.2) is 4.39 Å². The Labute approximate surface area is 200 Å². The van der Waals surface area contributed by atoms with Crippen LogP contribution in [0.1, 0.15) is 32.9 Å². The normalized spacial score (nSPS) is 15.5. The Bertz CT molecular complexity index is 1200. The predicted molar refractivity (Wildman–Crippen MR) is 129 cm³/mol. The summed E-state index contributed by atoms with van der Waals surface area (Å²) in [5, 5.41) is 7.44. The first-order valence-corrected chi connectivity index (χ1v) is 11.7. The van der Waals surface area contributed by atoms with E-state index in [9.17, 15) is 18.8 Å². The molecule has 0 bridgehead atoms. The molecule has 3 aromatic rings. The number of carbonyl (C=O) groups is 3. The number of rotatable bonds is 6. The molecule has 34 heavy (non-hydrogen) atoms. The molecule has 7 nitrogen and oxygen atoms in total. The van der Waals surface area contributed by atoms with Crippen LogP contribution in [0.15, 0.2) is 60.0 Å². The van der Waals surface area contributed by atoms with E-state index in [2.05, 4.69) is 10.6 Å². The molecule has 9 heteroatoms. The summed E-state index contributed by atoms with van der Waals surface area (Å²) >= 11 is 1.39. The molecule has 1 unspecified atom stereocenters. The van der Waals surface area contributed by atoms with E-state index < -0.39 is 11.7 Å². The molecule has 4 rings (SSSR count). The van der Waals surface area contributed by atoms with Gasteiger partial charge in [0.2, 0.25) is 5.91 Å². The number of carbonyl (C=O) groups excluding carboxylic acids is 3. The standard InChI is InChI=1S/C25H24FN3O4S/c1-33-21-10-9-19(14-20(21)28-23(30)16-5-2-7-18(26)13-16)27-24(31)17-6-3-11-29(15-17)25(32)22-8-4-12-34-22/h2,4-5,7-10,12-14,17H,3,6,11,15H2,1H3,(H,27,31)(H,28,30). The first-order chi connectivity index (χ1) is 16.4. The highest BCUT2D eigenvalue weighted by Gasteiger charge is 2.29. The second-order valence-electron chi connectivity index (χ2n) is 7.94. The van der Waals surface area contributed by atoms with Gasteiger partial charge in [0.1, 0.15) is 11.6 Å². The maximum atomic E-state index is 13.5. The molecule has 176 valence electrons. The number of ether oxygens (including phenoxy) is 1. The van der Waals surface area contributed by atoms with Crippen LogP contribution in [0.2, 0.25) is 0 Å². The molecule has 2 aromatic carbocycles. The summed E-state index contributed by atoms with van der Waals surface area (Å²) in [6.45, 7) is 0.973. The third kappa shape index (κ3) is 5.43. The van der Waals surface area contributed by atoms with E-state index in [1.165, 1.54) is 36.6 Å². The Kier molecular flexibility index (Phi) is 7.22. The molecule has 0 saturated carbocycles. The number of thiophene rings is 1. The summed E-state index contributed by atoms with van der Waals surface area (Å²) in [6.07, 6.45) is 1.42. The van der Waals surface area contributed by atoms with Gasteiger partial charge in [0, 0.05) is 24.3 Å². The van der Waals surface area contributed by atoms with Gasteiger partial charge in [0.05, 0.1) is 23.6 Å². The molecule has 2 N–H and O–H groups in total. The van der Waals surface area contributed by atoms with Gasteiger partial charge in [-0.1, -0.05) is 12.1 Å². The van der Waals surface area contributed by atoms with E-state index in [1.54, 1.807) is 29.2 Å². The molecule has 1 aromatic heterocycles. The van der Waals surface area contributed by atoms with Crippen molar-refractivity contribution in [3.8, 4) is 5.75 Å². The minimum atomic E-state index is -0.514. The Balaban J connectivity index is 1.44. The average molecular weight is 482 g/mol. The van der Waals surface area contributed by atoms with Crippen LogP contribution < -0.4 is 15.4 Å². The molecule has 1 fully saturated rings. The largest absolute Gasteiger partial charge is 0.495 e. The number of benzene rings is 2. The van der Waals surface area contributed by atoms with E-state index in [0.29, 0.717) is 41.5 Å². The quantitative estimate of drug-likeness (QED) is 0.537. The number of halogens is 1. The smallest absolute Gasteiger partial charge is 0.263 e. The lowest BCUT2D eigenvalue weighted by Gasteiger charge is -2.31. The van der Waals surface area contributed by atoms with E-state index in [4.69, 9.17) is 4.74 Å². The molecule has 0 spiro atoms. The number of methoxy groups -OCH3 is 1. The molecule has 1 aliphatic heterocycles. The Hall–Kier alpha value is -3.72. The fraction of sp³-hybridized carbons (Fsp3) is 0.240. The highest BCUT2D eigenvalue weighted by molar-refractivity contribution is 7.12. The molecular weight excluding hydrogens is 457 g/mol. The average Bonchev–Trinajstić information content (AvgIpc) is 3.39. The number of likely N-dealkylation sites (tertiary alicyclic amines) is 1.